The first-order valence-corrected chi connectivity index (χ1v) is 7.90. The number of halogens is 2. The highest BCUT2D eigenvalue weighted by molar-refractivity contribution is 9.10. The zero-order valence-electron chi connectivity index (χ0n) is 12.1. The molecule has 0 aliphatic rings. The van der Waals surface area contributed by atoms with Crippen LogP contribution in [0, 0.1) is 0 Å². The zero-order chi connectivity index (χ0) is 16.7. The molecule has 1 N–H and O–H groups in total. The highest BCUT2D eigenvalue weighted by atomic mass is 79.9. The number of rotatable bonds is 6. The molecular weight excluding hydrogens is 380 g/mol. The minimum absolute atomic E-state index is 0.315. The Morgan fingerprint density at radius 2 is 2.13 bits per heavy atom. The Balaban J connectivity index is 2.11. The van der Waals surface area contributed by atoms with Crippen LogP contribution in [0.4, 0.5) is 0 Å². The van der Waals surface area contributed by atoms with E-state index in [2.05, 4.69) is 33.0 Å². The number of hydrogen-bond donors (Lipinski definition) is 1. The maximum Gasteiger partial charge on any atom is 0.272 e. The summed E-state index contributed by atoms with van der Waals surface area (Å²) in [5, 5.41) is 4.51. The van der Waals surface area contributed by atoms with Crippen molar-refractivity contribution in [1.29, 1.82) is 0 Å². The van der Waals surface area contributed by atoms with E-state index in [0.717, 1.165) is 0 Å². The maximum atomic E-state index is 12.1. The van der Waals surface area contributed by atoms with Crippen LogP contribution in [0.1, 0.15) is 15.9 Å². The van der Waals surface area contributed by atoms with E-state index >= 15 is 0 Å². The first-order valence-electron chi connectivity index (χ1n) is 6.73. The first-order chi connectivity index (χ1) is 11.1. The third-order valence-corrected chi connectivity index (χ3v) is 3.74. The second kappa shape index (κ2) is 8.50. The van der Waals surface area contributed by atoms with E-state index in [1.165, 1.54) is 6.21 Å². The number of ether oxygens (including phenoxy) is 1. The number of benzene rings is 2. The van der Waals surface area contributed by atoms with Gasteiger partial charge in [0.05, 0.1) is 11.8 Å². The van der Waals surface area contributed by atoms with Gasteiger partial charge in [-0.1, -0.05) is 36.4 Å². The standard InChI is InChI=1S/C17H14BrClN2O2/c1-2-9-23-16-8-7-13(19)10-12(16)11-20-21-17(22)14-5-3-4-6-15(14)18/h2-8,10-11H,1,9H2,(H,21,22)/b20-11-. The third kappa shape index (κ3) is 4.94. The summed E-state index contributed by atoms with van der Waals surface area (Å²) in [6.07, 6.45) is 3.13. The molecule has 0 atom stereocenters. The quantitative estimate of drug-likeness (QED) is 0.448. The van der Waals surface area contributed by atoms with Gasteiger partial charge in [-0.3, -0.25) is 4.79 Å². The summed E-state index contributed by atoms with van der Waals surface area (Å²) in [4.78, 5) is 12.1. The van der Waals surface area contributed by atoms with Gasteiger partial charge in [0.2, 0.25) is 0 Å². The Hall–Kier alpha value is -2.11. The molecule has 0 aromatic heterocycles. The van der Waals surface area contributed by atoms with Gasteiger partial charge in [0.1, 0.15) is 12.4 Å². The number of nitrogens with zero attached hydrogens (tertiary/aromatic N) is 1. The molecule has 0 fully saturated rings. The van der Waals surface area contributed by atoms with Gasteiger partial charge in [-0.2, -0.15) is 5.10 Å². The Morgan fingerprint density at radius 1 is 1.35 bits per heavy atom. The second-order valence-corrected chi connectivity index (χ2v) is 5.75. The first kappa shape index (κ1) is 17.2. The van der Waals surface area contributed by atoms with Crippen LogP contribution in [0.2, 0.25) is 5.02 Å². The second-order valence-electron chi connectivity index (χ2n) is 4.46. The number of amides is 1. The van der Waals surface area contributed by atoms with E-state index in [0.29, 0.717) is 33.0 Å². The number of carbonyl (C=O) groups is 1. The molecule has 0 radical (unpaired) electrons. The number of hydrazone groups is 1. The molecule has 0 saturated heterocycles. The Bertz CT molecular complexity index is 747. The fourth-order valence-corrected chi connectivity index (χ4v) is 2.41. The summed E-state index contributed by atoms with van der Waals surface area (Å²) in [6, 6.07) is 12.3. The van der Waals surface area contributed by atoms with E-state index in [4.69, 9.17) is 16.3 Å². The van der Waals surface area contributed by atoms with Gasteiger partial charge in [0, 0.05) is 15.1 Å². The van der Waals surface area contributed by atoms with Crippen LogP contribution in [0.3, 0.4) is 0 Å². The normalized spacial score (nSPS) is 10.5. The van der Waals surface area contributed by atoms with Crippen LogP contribution in [0.25, 0.3) is 0 Å². The molecule has 0 spiro atoms. The maximum absolute atomic E-state index is 12.1. The van der Waals surface area contributed by atoms with Crippen molar-refractivity contribution in [1.82, 2.24) is 5.43 Å². The zero-order valence-corrected chi connectivity index (χ0v) is 14.5. The van der Waals surface area contributed by atoms with Gasteiger partial charge in [-0.25, -0.2) is 5.43 Å². The molecule has 0 bridgehead atoms. The average Bonchev–Trinajstić information content (AvgIpc) is 2.54. The molecule has 0 unspecified atom stereocenters. The molecule has 118 valence electrons. The van der Waals surface area contributed by atoms with Crippen LogP contribution in [0.15, 0.2) is 64.7 Å². The fourth-order valence-electron chi connectivity index (χ4n) is 1.77. The molecule has 4 nitrogen and oxygen atoms in total. The van der Waals surface area contributed by atoms with E-state index in [-0.39, 0.29) is 5.91 Å². The SMILES string of the molecule is C=CCOc1ccc(Cl)cc1/C=N\NC(=O)c1ccccc1Br. The lowest BCUT2D eigenvalue weighted by Crippen LogP contribution is -2.18. The molecule has 2 aromatic carbocycles. The average molecular weight is 394 g/mol. The van der Waals surface area contributed by atoms with Crippen molar-refractivity contribution in [2.24, 2.45) is 5.10 Å². The van der Waals surface area contributed by atoms with E-state index < -0.39 is 0 Å². The van der Waals surface area contributed by atoms with Crippen molar-refractivity contribution in [3.8, 4) is 5.75 Å². The van der Waals surface area contributed by atoms with Crippen molar-refractivity contribution in [3.05, 3.63) is 75.7 Å². The lowest BCUT2D eigenvalue weighted by atomic mass is 10.2. The van der Waals surface area contributed by atoms with Gasteiger partial charge in [0.15, 0.2) is 0 Å². The van der Waals surface area contributed by atoms with Gasteiger partial charge in [0.25, 0.3) is 5.91 Å². The summed E-state index contributed by atoms with van der Waals surface area (Å²) < 4.78 is 6.21. The third-order valence-electron chi connectivity index (χ3n) is 2.82. The van der Waals surface area contributed by atoms with Gasteiger partial charge in [-0.05, 0) is 46.3 Å². The van der Waals surface area contributed by atoms with Crippen LogP contribution in [-0.2, 0) is 0 Å². The van der Waals surface area contributed by atoms with Crippen molar-refractivity contribution < 1.29 is 9.53 Å². The summed E-state index contributed by atoms with van der Waals surface area (Å²) in [5.41, 5.74) is 3.63. The van der Waals surface area contributed by atoms with Gasteiger partial charge < -0.3 is 4.74 Å². The van der Waals surface area contributed by atoms with Gasteiger partial charge in [-0.15, -0.1) is 0 Å². The number of hydrogen-bond acceptors (Lipinski definition) is 3. The smallest absolute Gasteiger partial charge is 0.272 e. The number of nitrogens with one attached hydrogen (secondary N) is 1. The largest absolute Gasteiger partial charge is 0.489 e. The summed E-state index contributed by atoms with van der Waals surface area (Å²) in [6.45, 7) is 3.97. The van der Waals surface area contributed by atoms with Crippen LogP contribution >= 0.6 is 27.5 Å². The van der Waals surface area contributed by atoms with Crippen LogP contribution < -0.4 is 10.2 Å². The topological polar surface area (TPSA) is 50.7 Å². The van der Waals surface area contributed by atoms with E-state index in [1.807, 2.05) is 6.07 Å². The summed E-state index contributed by atoms with van der Waals surface area (Å²) >= 11 is 9.30. The summed E-state index contributed by atoms with van der Waals surface area (Å²) in [7, 11) is 0. The molecule has 0 aliphatic heterocycles. The Morgan fingerprint density at radius 3 is 2.87 bits per heavy atom. The Labute approximate surface area is 147 Å². The van der Waals surface area contributed by atoms with Crippen molar-refractivity contribution in [3.63, 3.8) is 0 Å². The van der Waals surface area contributed by atoms with Crippen molar-refractivity contribution >= 4 is 39.7 Å². The molecule has 2 rings (SSSR count). The van der Waals surface area contributed by atoms with Crippen molar-refractivity contribution in [2.45, 2.75) is 0 Å². The molecule has 2 aromatic rings. The lowest BCUT2D eigenvalue weighted by molar-refractivity contribution is 0.0954. The van der Waals surface area contributed by atoms with Crippen molar-refractivity contribution in [2.75, 3.05) is 6.61 Å². The lowest BCUT2D eigenvalue weighted by Gasteiger charge is -2.07. The molecule has 6 heteroatoms. The number of carbonyl (C=O) groups excluding carboxylic acids is 1. The summed E-state index contributed by atoms with van der Waals surface area (Å²) in [5.74, 6) is 0.289. The highest BCUT2D eigenvalue weighted by Gasteiger charge is 2.08. The van der Waals surface area contributed by atoms with E-state index in [9.17, 15) is 4.79 Å². The minimum atomic E-state index is -0.315. The highest BCUT2D eigenvalue weighted by Crippen LogP contribution is 2.21. The predicted octanol–water partition coefficient (Wildman–Crippen LogP) is 4.43. The van der Waals surface area contributed by atoms with Crippen LogP contribution in [0.5, 0.6) is 5.75 Å². The monoisotopic (exact) mass is 392 g/mol. The van der Waals surface area contributed by atoms with Crippen LogP contribution in [-0.4, -0.2) is 18.7 Å². The molecular formula is C17H14BrClN2O2. The molecule has 0 heterocycles. The molecule has 23 heavy (non-hydrogen) atoms. The molecule has 0 saturated carbocycles. The van der Waals surface area contributed by atoms with Gasteiger partial charge >= 0.3 is 0 Å². The minimum Gasteiger partial charge on any atom is -0.489 e. The fraction of sp³-hybridized carbons (Fsp3) is 0.0588. The predicted molar refractivity (Wildman–Crippen MR) is 96.3 cm³/mol. The molecule has 1 amide bonds. The molecule has 0 aliphatic carbocycles. The Kier molecular flexibility index (Phi) is 6.38. The van der Waals surface area contributed by atoms with E-state index in [1.54, 1.807) is 42.5 Å².